The molecule has 0 aliphatic rings. The van der Waals surface area contributed by atoms with Crippen molar-refractivity contribution in [3.05, 3.63) is 11.8 Å². The molecule has 0 fully saturated rings. The smallest absolute Gasteiger partial charge is 0.239 e. The minimum Gasteiger partial charge on any atom is -0.381 e. The first-order valence-electron chi connectivity index (χ1n) is 6.25. The zero-order valence-corrected chi connectivity index (χ0v) is 11.4. The predicted octanol–water partition coefficient (Wildman–Crippen LogP) is 1.55. The summed E-state index contributed by atoms with van der Waals surface area (Å²) in [6.07, 6.45) is 0.946. The van der Waals surface area contributed by atoms with Crippen molar-refractivity contribution in [3.8, 4) is 0 Å². The summed E-state index contributed by atoms with van der Waals surface area (Å²) in [5, 5.41) is 3.22. The van der Waals surface area contributed by atoms with Gasteiger partial charge in [0.05, 0.1) is 0 Å². The van der Waals surface area contributed by atoms with Gasteiger partial charge < -0.3 is 10.1 Å². The minimum atomic E-state index is 0.425. The van der Waals surface area contributed by atoms with E-state index < -0.39 is 0 Å². The highest BCUT2D eigenvalue weighted by molar-refractivity contribution is 5.41. The Balaban J connectivity index is 2.24. The van der Waals surface area contributed by atoms with E-state index in [2.05, 4.69) is 34.6 Å². The number of nitrogens with one attached hydrogen (secondary N) is 2. The number of rotatable bonds is 8. The van der Waals surface area contributed by atoms with Crippen LogP contribution in [0.15, 0.2) is 6.07 Å². The van der Waals surface area contributed by atoms with E-state index >= 15 is 0 Å². The van der Waals surface area contributed by atoms with Gasteiger partial charge in [0, 0.05) is 31.5 Å². The molecule has 0 unspecified atom stereocenters. The van der Waals surface area contributed by atoms with Gasteiger partial charge in [-0.15, -0.1) is 0 Å². The maximum Gasteiger partial charge on any atom is 0.239 e. The first kappa shape index (κ1) is 14.7. The Kier molecular flexibility index (Phi) is 6.38. The van der Waals surface area contributed by atoms with Crippen LogP contribution in [0.5, 0.6) is 0 Å². The Morgan fingerprint density at radius 2 is 2.17 bits per heavy atom. The van der Waals surface area contributed by atoms with Crippen molar-refractivity contribution in [2.24, 2.45) is 11.8 Å². The summed E-state index contributed by atoms with van der Waals surface area (Å²) in [4.78, 5) is 8.32. The van der Waals surface area contributed by atoms with E-state index in [1.54, 1.807) is 0 Å². The Hall–Kier alpha value is -1.40. The quantitative estimate of drug-likeness (QED) is 0.370. The van der Waals surface area contributed by atoms with Crippen LogP contribution in [0, 0.1) is 12.8 Å². The third-order valence-corrected chi connectivity index (χ3v) is 2.21. The number of aryl methyl sites for hydroxylation is 1. The van der Waals surface area contributed by atoms with Gasteiger partial charge in [0.15, 0.2) is 0 Å². The molecule has 4 N–H and O–H groups in total. The molecule has 102 valence electrons. The summed E-state index contributed by atoms with van der Waals surface area (Å²) in [5.41, 5.74) is 3.32. The number of nitrogen functional groups attached to an aromatic ring is 1. The third kappa shape index (κ3) is 5.79. The lowest BCUT2D eigenvalue weighted by Gasteiger charge is -2.09. The maximum atomic E-state index is 5.50. The number of hydrogen-bond donors (Lipinski definition) is 3. The van der Waals surface area contributed by atoms with Crippen LogP contribution < -0.4 is 16.6 Å². The van der Waals surface area contributed by atoms with E-state index in [-0.39, 0.29) is 0 Å². The molecular weight excluding hydrogens is 230 g/mol. The van der Waals surface area contributed by atoms with Crippen LogP contribution in [0.2, 0.25) is 0 Å². The summed E-state index contributed by atoms with van der Waals surface area (Å²) >= 11 is 0. The molecule has 0 saturated carbocycles. The number of nitrogens with two attached hydrogens (primary N) is 1. The maximum absolute atomic E-state index is 5.50. The van der Waals surface area contributed by atoms with E-state index in [1.807, 2.05) is 13.0 Å². The highest BCUT2D eigenvalue weighted by Gasteiger charge is 2.00. The molecule has 1 aromatic rings. The molecule has 0 radical (unpaired) electrons. The molecule has 0 amide bonds. The molecule has 1 rings (SSSR count). The molecule has 18 heavy (non-hydrogen) atoms. The number of ether oxygens (including phenoxy) is 1. The number of hydrogen-bond acceptors (Lipinski definition) is 6. The number of nitrogens with zero attached hydrogens (tertiary/aromatic N) is 2. The van der Waals surface area contributed by atoms with Gasteiger partial charge in [0.1, 0.15) is 5.82 Å². The summed E-state index contributed by atoms with van der Waals surface area (Å²) < 4.78 is 5.50. The van der Waals surface area contributed by atoms with E-state index in [9.17, 15) is 0 Å². The zero-order chi connectivity index (χ0) is 13.4. The SMILES string of the molecule is Cc1cc(NCCCOCC(C)C)nc(NN)n1. The van der Waals surface area contributed by atoms with Crippen LogP contribution in [0.3, 0.4) is 0 Å². The van der Waals surface area contributed by atoms with Crippen molar-refractivity contribution in [1.82, 2.24) is 9.97 Å². The standard InChI is InChI=1S/C12H23N5O/c1-9(2)8-18-6-4-5-14-11-7-10(3)15-12(16-11)17-13/h7,9H,4-6,8,13H2,1-3H3,(H2,14,15,16,17). The van der Waals surface area contributed by atoms with Crippen LogP contribution >= 0.6 is 0 Å². The van der Waals surface area contributed by atoms with Gasteiger partial charge in [-0.3, -0.25) is 5.43 Å². The van der Waals surface area contributed by atoms with Crippen LogP contribution in [0.1, 0.15) is 26.0 Å². The number of hydrazine groups is 1. The molecular formula is C12H23N5O. The lowest BCUT2D eigenvalue weighted by molar-refractivity contribution is 0.110. The Bertz CT molecular complexity index is 356. The van der Waals surface area contributed by atoms with E-state index in [1.165, 1.54) is 0 Å². The molecule has 0 aromatic carbocycles. The van der Waals surface area contributed by atoms with Crippen molar-refractivity contribution in [1.29, 1.82) is 0 Å². The van der Waals surface area contributed by atoms with E-state index in [0.29, 0.717) is 11.9 Å². The highest BCUT2D eigenvalue weighted by atomic mass is 16.5. The second-order valence-electron chi connectivity index (χ2n) is 4.61. The molecule has 0 spiro atoms. The molecule has 0 aliphatic heterocycles. The highest BCUT2D eigenvalue weighted by Crippen LogP contribution is 2.08. The second-order valence-corrected chi connectivity index (χ2v) is 4.61. The zero-order valence-electron chi connectivity index (χ0n) is 11.4. The largest absolute Gasteiger partial charge is 0.381 e. The van der Waals surface area contributed by atoms with Crippen molar-refractivity contribution >= 4 is 11.8 Å². The molecule has 1 heterocycles. The summed E-state index contributed by atoms with van der Waals surface area (Å²) in [5.74, 6) is 7.07. The molecule has 6 nitrogen and oxygen atoms in total. The average molecular weight is 253 g/mol. The topological polar surface area (TPSA) is 85.1 Å². The van der Waals surface area contributed by atoms with Crippen molar-refractivity contribution in [2.45, 2.75) is 27.2 Å². The molecule has 0 aliphatic carbocycles. The second kappa shape index (κ2) is 7.84. The van der Waals surface area contributed by atoms with Gasteiger partial charge >= 0.3 is 0 Å². The fourth-order valence-electron chi connectivity index (χ4n) is 1.43. The van der Waals surface area contributed by atoms with Gasteiger partial charge in [0.2, 0.25) is 5.95 Å². The van der Waals surface area contributed by atoms with Gasteiger partial charge in [-0.05, 0) is 19.3 Å². The average Bonchev–Trinajstić information content (AvgIpc) is 2.32. The lowest BCUT2D eigenvalue weighted by atomic mass is 10.2. The molecule has 0 atom stereocenters. The fraction of sp³-hybridized carbons (Fsp3) is 0.667. The monoisotopic (exact) mass is 253 g/mol. The van der Waals surface area contributed by atoms with Gasteiger partial charge in [-0.2, -0.15) is 4.98 Å². The third-order valence-electron chi connectivity index (χ3n) is 2.21. The molecule has 1 aromatic heterocycles. The van der Waals surface area contributed by atoms with Crippen molar-refractivity contribution in [3.63, 3.8) is 0 Å². The van der Waals surface area contributed by atoms with Gasteiger partial charge in [-0.25, -0.2) is 10.8 Å². The normalized spacial score (nSPS) is 10.7. The first-order valence-corrected chi connectivity index (χ1v) is 6.25. The van der Waals surface area contributed by atoms with Crippen LogP contribution in [0.4, 0.5) is 11.8 Å². The summed E-state index contributed by atoms with van der Waals surface area (Å²) in [7, 11) is 0. The number of aromatic nitrogens is 2. The molecule has 0 saturated heterocycles. The van der Waals surface area contributed by atoms with E-state index in [4.69, 9.17) is 10.6 Å². The van der Waals surface area contributed by atoms with Crippen LogP contribution in [-0.4, -0.2) is 29.7 Å². The number of anilines is 2. The Morgan fingerprint density at radius 3 is 2.83 bits per heavy atom. The fourth-order valence-corrected chi connectivity index (χ4v) is 1.43. The molecule has 0 bridgehead atoms. The van der Waals surface area contributed by atoms with Crippen molar-refractivity contribution < 1.29 is 4.74 Å². The Labute approximate surface area is 108 Å². The van der Waals surface area contributed by atoms with Gasteiger partial charge in [-0.1, -0.05) is 13.8 Å². The van der Waals surface area contributed by atoms with Gasteiger partial charge in [0.25, 0.3) is 0 Å². The molecule has 6 heteroatoms. The van der Waals surface area contributed by atoms with Crippen LogP contribution in [-0.2, 0) is 4.74 Å². The summed E-state index contributed by atoms with van der Waals surface area (Å²) in [6.45, 7) is 8.58. The van der Waals surface area contributed by atoms with Crippen LogP contribution in [0.25, 0.3) is 0 Å². The minimum absolute atomic E-state index is 0.425. The Morgan fingerprint density at radius 1 is 1.39 bits per heavy atom. The summed E-state index contributed by atoms with van der Waals surface area (Å²) in [6, 6.07) is 1.88. The van der Waals surface area contributed by atoms with E-state index in [0.717, 1.165) is 37.7 Å². The lowest BCUT2D eigenvalue weighted by Crippen LogP contribution is -2.13. The predicted molar refractivity (Wildman–Crippen MR) is 73.3 cm³/mol. The first-order chi connectivity index (χ1) is 8.61. The van der Waals surface area contributed by atoms with Crippen molar-refractivity contribution in [2.75, 3.05) is 30.5 Å².